The van der Waals surface area contributed by atoms with Crippen LogP contribution in [0.4, 0.5) is 0 Å². The van der Waals surface area contributed by atoms with E-state index in [0.29, 0.717) is 5.41 Å². The second-order valence-corrected chi connectivity index (χ2v) is 6.58. The summed E-state index contributed by atoms with van der Waals surface area (Å²) >= 11 is 0. The molecule has 3 rings (SSSR count). The van der Waals surface area contributed by atoms with Crippen LogP contribution in [0, 0.1) is 16.2 Å². The molecule has 0 aromatic rings. The standard InChI is InChI=1S/C11H20/c1-9(2,3)5-11-6-10(4,7-11)8-11/h5-8H2,1-4H3. The van der Waals surface area contributed by atoms with Gasteiger partial charge in [-0.1, -0.05) is 27.7 Å². The number of hydrogen-bond donors (Lipinski definition) is 0. The predicted octanol–water partition coefficient (Wildman–Crippen LogP) is 3.61. The van der Waals surface area contributed by atoms with Crippen molar-refractivity contribution in [1.82, 2.24) is 0 Å². The summed E-state index contributed by atoms with van der Waals surface area (Å²) in [5.41, 5.74) is 2.17. The molecule has 0 saturated heterocycles. The summed E-state index contributed by atoms with van der Waals surface area (Å²) in [6.07, 6.45) is 6.03. The molecule has 0 heterocycles. The summed E-state index contributed by atoms with van der Waals surface area (Å²) in [5.74, 6) is 0. The molecule has 11 heavy (non-hydrogen) atoms. The molecule has 0 aromatic carbocycles. The lowest BCUT2D eigenvalue weighted by molar-refractivity contribution is -0.207. The Morgan fingerprint density at radius 1 is 1.09 bits per heavy atom. The fourth-order valence-corrected chi connectivity index (χ4v) is 3.87. The first-order valence-corrected chi connectivity index (χ1v) is 4.83. The van der Waals surface area contributed by atoms with Crippen LogP contribution < -0.4 is 0 Å². The van der Waals surface area contributed by atoms with Gasteiger partial charge in [0.1, 0.15) is 0 Å². The zero-order valence-electron chi connectivity index (χ0n) is 8.33. The molecular formula is C11H20. The molecule has 3 aliphatic carbocycles. The van der Waals surface area contributed by atoms with Crippen LogP contribution in [0.1, 0.15) is 53.4 Å². The summed E-state index contributed by atoms with van der Waals surface area (Å²) in [5, 5.41) is 0. The Balaban J connectivity index is 1.91. The fraction of sp³-hybridized carbons (Fsp3) is 1.00. The van der Waals surface area contributed by atoms with Gasteiger partial charge in [-0.2, -0.15) is 0 Å². The second kappa shape index (κ2) is 1.67. The van der Waals surface area contributed by atoms with Crippen LogP contribution in [-0.2, 0) is 0 Å². The molecule has 0 aromatic heterocycles. The van der Waals surface area contributed by atoms with Gasteiger partial charge in [0.25, 0.3) is 0 Å². The molecule has 0 aliphatic heterocycles. The van der Waals surface area contributed by atoms with Gasteiger partial charge < -0.3 is 0 Å². The zero-order chi connectivity index (χ0) is 8.33. The van der Waals surface area contributed by atoms with Crippen LogP contribution in [0.25, 0.3) is 0 Å². The van der Waals surface area contributed by atoms with Gasteiger partial charge in [0.2, 0.25) is 0 Å². The minimum atomic E-state index is 0.557. The van der Waals surface area contributed by atoms with E-state index in [1.165, 1.54) is 25.7 Å². The van der Waals surface area contributed by atoms with Crippen molar-refractivity contribution >= 4 is 0 Å². The Labute approximate surface area is 70.4 Å². The maximum atomic E-state index is 2.44. The summed E-state index contributed by atoms with van der Waals surface area (Å²) in [7, 11) is 0. The van der Waals surface area contributed by atoms with E-state index in [0.717, 1.165) is 10.8 Å². The van der Waals surface area contributed by atoms with Crippen molar-refractivity contribution < 1.29 is 0 Å². The lowest BCUT2D eigenvalue weighted by atomic mass is 9.34. The largest absolute Gasteiger partial charge is 0.0602 e. The van der Waals surface area contributed by atoms with E-state index >= 15 is 0 Å². The highest BCUT2D eigenvalue weighted by Crippen LogP contribution is 2.75. The van der Waals surface area contributed by atoms with E-state index in [1.54, 1.807) is 0 Å². The van der Waals surface area contributed by atoms with E-state index in [2.05, 4.69) is 27.7 Å². The van der Waals surface area contributed by atoms with Crippen molar-refractivity contribution in [2.75, 3.05) is 0 Å². The third kappa shape index (κ3) is 1.11. The zero-order valence-corrected chi connectivity index (χ0v) is 8.33. The van der Waals surface area contributed by atoms with Crippen LogP contribution in [0.5, 0.6) is 0 Å². The molecule has 3 fully saturated rings. The molecule has 64 valence electrons. The van der Waals surface area contributed by atoms with Crippen LogP contribution >= 0.6 is 0 Å². The SMILES string of the molecule is CC(C)(C)CC12CC(C)(C1)C2. The lowest BCUT2D eigenvalue weighted by Gasteiger charge is -2.71. The van der Waals surface area contributed by atoms with Gasteiger partial charge in [-0.15, -0.1) is 0 Å². The summed E-state index contributed by atoms with van der Waals surface area (Å²) in [6, 6.07) is 0. The van der Waals surface area contributed by atoms with E-state index < -0.39 is 0 Å². The number of rotatable bonds is 1. The van der Waals surface area contributed by atoms with Crippen LogP contribution in [0.3, 0.4) is 0 Å². The Bertz CT molecular complexity index is 163. The maximum absolute atomic E-state index is 2.44. The third-order valence-corrected chi connectivity index (χ3v) is 3.31. The van der Waals surface area contributed by atoms with E-state index in [-0.39, 0.29) is 0 Å². The van der Waals surface area contributed by atoms with Crippen LogP contribution in [0.15, 0.2) is 0 Å². The first-order valence-electron chi connectivity index (χ1n) is 4.83. The summed E-state index contributed by atoms with van der Waals surface area (Å²) in [4.78, 5) is 0. The van der Waals surface area contributed by atoms with Crippen molar-refractivity contribution in [2.24, 2.45) is 16.2 Å². The first-order chi connectivity index (χ1) is 4.83. The van der Waals surface area contributed by atoms with Gasteiger partial charge in [0, 0.05) is 0 Å². The molecule has 3 saturated carbocycles. The van der Waals surface area contributed by atoms with Gasteiger partial charge in [0.15, 0.2) is 0 Å². The predicted molar refractivity (Wildman–Crippen MR) is 48.5 cm³/mol. The van der Waals surface area contributed by atoms with Gasteiger partial charge in [-0.25, -0.2) is 0 Å². The normalized spacial score (nSPS) is 48.0. The van der Waals surface area contributed by atoms with Crippen molar-refractivity contribution in [1.29, 1.82) is 0 Å². The monoisotopic (exact) mass is 152 g/mol. The van der Waals surface area contributed by atoms with E-state index in [4.69, 9.17) is 0 Å². The minimum Gasteiger partial charge on any atom is -0.0602 e. The topological polar surface area (TPSA) is 0 Å². The maximum Gasteiger partial charge on any atom is -0.0277 e. The second-order valence-electron chi connectivity index (χ2n) is 6.58. The molecular weight excluding hydrogens is 132 g/mol. The highest BCUT2D eigenvalue weighted by atomic mass is 14.7. The smallest absolute Gasteiger partial charge is 0.0277 e. The lowest BCUT2D eigenvalue weighted by Crippen LogP contribution is -2.60. The summed E-state index contributed by atoms with van der Waals surface area (Å²) in [6.45, 7) is 9.55. The summed E-state index contributed by atoms with van der Waals surface area (Å²) < 4.78 is 0. The van der Waals surface area contributed by atoms with E-state index in [9.17, 15) is 0 Å². The molecule has 0 amide bonds. The van der Waals surface area contributed by atoms with Crippen LogP contribution in [-0.4, -0.2) is 0 Å². The Kier molecular flexibility index (Phi) is 1.16. The average Bonchev–Trinajstić information content (AvgIpc) is 1.53. The molecule has 0 nitrogen and oxygen atoms in total. The minimum absolute atomic E-state index is 0.557. The van der Waals surface area contributed by atoms with Gasteiger partial charge >= 0.3 is 0 Å². The highest BCUT2D eigenvalue weighted by Gasteiger charge is 2.64. The number of hydrogen-bond acceptors (Lipinski definition) is 0. The van der Waals surface area contributed by atoms with Crippen molar-refractivity contribution in [3.05, 3.63) is 0 Å². The first kappa shape index (κ1) is 7.64. The molecule has 0 spiro atoms. The van der Waals surface area contributed by atoms with Gasteiger partial charge in [-0.3, -0.25) is 0 Å². The Hall–Kier alpha value is 0. The molecule has 0 N–H and O–H groups in total. The fourth-order valence-electron chi connectivity index (χ4n) is 3.87. The Morgan fingerprint density at radius 3 is 1.82 bits per heavy atom. The quantitative estimate of drug-likeness (QED) is 0.538. The van der Waals surface area contributed by atoms with E-state index in [1.807, 2.05) is 0 Å². The van der Waals surface area contributed by atoms with Crippen molar-refractivity contribution in [2.45, 2.75) is 53.4 Å². The molecule has 0 radical (unpaired) electrons. The molecule has 3 aliphatic rings. The highest BCUT2D eigenvalue weighted by molar-refractivity contribution is 5.15. The molecule has 0 atom stereocenters. The van der Waals surface area contributed by atoms with Gasteiger partial charge in [-0.05, 0) is 41.9 Å². The van der Waals surface area contributed by atoms with Crippen molar-refractivity contribution in [3.8, 4) is 0 Å². The molecule has 0 unspecified atom stereocenters. The third-order valence-electron chi connectivity index (χ3n) is 3.31. The molecule has 2 bridgehead atoms. The molecule has 0 heteroatoms. The van der Waals surface area contributed by atoms with Crippen LogP contribution in [0.2, 0.25) is 0 Å². The van der Waals surface area contributed by atoms with Crippen molar-refractivity contribution in [3.63, 3.8) is 0 Å². The van der Waals surface area contributed by atoms with Gasteiger partial charge in [0.05, 0.1) is 0 Å². The average molecular weight is 152 g/mol. The Morgan fingerprint density at radius 2 is 1.55 bits per heavy atom.